The summed E-state index contributed by atoms with van der Waals surface area (Å²) in [7, 11) is 0. The van der Waals surface area contributed by atoms with Crippen molar-refractivity contribution in [3.63, 3.8) is 0 Å². The van der Waals surface area contributed by atoms with Gasteiger partial charge in [-0.15, -0.1) is 0 Å². The van der Waals surface area contributed by atoms with Gasteiger partial charge in [0.15, 0.2) is 0 Å². The molecule has 1 atom stereocenters. The molecule has 0 aliphatic carbocycles. The SMILES string of the molecule is CC.CC(CCCO)c1ccc(F)cc1. The third-order valence-corrected chi connectivity index (χ3v) is 2.23. The van der Waals surface area contributed by atoms with E-state index in [2.05, 4.69) is 6.92 Å². The number of halogens is 1. The van der Waals surface area contributed by atoms with Crippen LogP contribution in [0.2, 0.25) is 0 Å². The topological polar surface area (TPSA) is 20.2 Å². The van der Waals surface area contributed by atoms with Gasteiger partial charge in [-0.25, -0.2) is 4.39 Å². The third-order valence-electron chi connectivity index (χ3n) is 2.23. The molecule has 0 bridgehead atoms. The normalized spacial score (nSPS) is 11.5. The van der Waals surface area contributed by atoms with Crippen molar-refractivity contribution in [2.75, 3.05) is 6.61 Å². The largest absolute Gasteiger partial charge is 0.396 e. The van der Waals surface area contributed by atoms with Crippen LogP contribution in [0.3, 0.4) is 0 Å². The van der Waals surface area contributed by atoms with Crippen LogP contribution in [-0.4, -0.2) is 11.7 Å². The lowest BCUT2D eigenvalue weighted by Gasteiger charge is -2.10. The van der Waals surface area contributed by atoms with Gasteiger partial charge in [0.25, 0.3) is 0 Å². The van der Waals surface area contributed by atoms with Crippen LogP contribution in [-0.2, 0) is 0 Å². The van der Waals surface area contributed by atoms with Crippen molar-refractivity contribution >= 4 is 0 Å². The second-order valence-corrected chi connectivity index (χ2v) is 3.32. The van der Waals surface area contributed by atoms with Crippen molar-refractivity contribution in [3.8, 4) is 0 Å². The van der Waals surface area contributed by atoms with E-state index in [9.17, 15) is 4.39 Å². The van der Waals surface area contributed by atoms with Gasteiger partial charge in [0.1, 0.15) is 5.82 Å². The zero-order valence-electron chi connectivity index (χ0n) is 9.83. The molecule has 0 aliphatic heterocycles. The fourth-order valence-electron chi connectivity index (χ4n) is 1.36. The monoisotopic (exact) mass is 212 g/mol. The first kappa shape index (κ1) is 14.1. The maximum atomic E-state index is 12.6. The maximum absolute atomic E-state index is 12.6. The van der Waals surface area contributed by atoms with Gasteiger partial charge in [0.05, 0.1) is 0 Å². The van der Waals surface area contributed by atoms with E-state index in [4.69, 9.17) is 5.11 Å². The van der Waals surface area contributed by atoms with Crippen LogP contribution in [0, 0.1) is 5.82 Å². The fourth-order valence-corrected chi connectivity index (χ4v) is 1.36. The molecule has 1 aromatic rings. The molecule has 0 amide bonds. The fraction of sp³-hybridized carbons (Fsp3) is 0.538. The van der Waals surface area contributed by atoms with Crippen molar-refractivity contribution < 1.29 is 9.50 Å². The number of rotatable bonds is 4. The molecule has 1 N–H and O–H groups in total. The maximum Gasteiger partial charge on any atom is 0.123 e. The Labute approximate surface area is 92.0 Å². The first-order valence-electron chi connectivity index (χ1n) is 5.60. The average molecular weight is 212 g/mol. The minimum atomic E-state index is -0.196. The molecule has 0 heterocycles. The van der Waals surface area contributed by atoms with Crippen molar-refractivity contribution in [2.45, 2.75) is 39.5 Å². The minimum absolute atomic E-state index is 0.196. The zero-order chi connectivity index (χ0) is 11.7. The number of hydrogen-bond acceptors (Lipinski definition) is 1. The molecule has 1 nitrogen and oxygen atoms in total. The summed E-state index contributed by atoms with van der Waals surface area (Å²) in [6.07, 6.45) is 1.75. The van der Waals surface area contributed by atoms with Gasteiger partial charge < -0.3 is 5.11 Å². The van der Waals surface area contributed by atoms with Gasteiger partial charge in [0, 0.05) is 6.61 Å². The molecule has 0 aliphatic rings. The Kier molecular flexibility index (Phi) is 7.92. The van der Waals surface area contributed by atoms with Crippen LogP contribution in [0.15, 0.2) is 24.3 Å². The smallest absolute Gasteiger partial charge is 0.123 e. The van der Waals surface area contributed by atoms with E-state index in [1.807, 2.05) is 13.8 Å². The third kappa shape index (κ3) is 5.53. The van der Waals surface area contributed by atoms with E-state index < -0.39 is 0 Å². The van der Waals surface area contributed by atoms with Gasteiger partial charge in [-0.3, -0.25) is 0 Å². The summed E-state index contributed by atoms with van der Waals surface area (Å²) < 4.78 is 12.6. The molecular weight excluding hydrogens is 191 g/mol. The number of benzene rings is 1. The second-order valence-electron chi connectivity index (χ2n) is 3.32. The number of aliphatic hydroxyl groups is 1. The molecule has 0 saturated carbocycles. The van der Waals surface area contributed by atoms with Crippen molar-refractivity contribution in [2.24, 2.45) is 0 Å². The summed E-state index contributed by atoms with van der Waals surface area (Å²) in [5.74, 6) is 0.200. The molecule has 0 radical (unpaired) electrons. The standard InChI is InChI=1S/C11H15FO.C2H6/c1-9(3-2-8-13)10-4-6-11(12)7-5-10;1-2/h4-7,9,13H,2-3,8H2,1H3;1-2H3. The molecule has 0 spiro atoms. The first-order valence-corrected chi connectivity index (χ1v) is 5.60. The van der Waals surface area contributed by atoms with Crippen LogP contribution < -0.4 is 0 Å². The lowest BCUT2D eigenvalue weighted by atomic mass is 9.96. The van der Waals surface area contributed by atoms with Gasteiger partial charge in [-0.1, -0.05) is 32.9 Å². The van der Waals surface area contributed by atoms with Crippen LogP contribution >= 0.6 is 0 Å². The van der Waals surface area contributed by atoms with E-state index in [1.54, 1.807) is 12.1 Å². The van der Waals surface area contributed by atoms with Gasteiger partial charge in [0.2, 0.25) is 0 Å². The first-order chi connectivity index (χ1) is 7.24. The average Bonchev–Trinajstić information content (AvgIpc) is 2.29. The molecular formula is C13H21FO. The van der Waals surface area contributed by atoms with E-state index in [1.165, 1.54) is 12.1 Å². The quantitative estimate of drug-likeness (QED) is 0.806. The Morgan fingerprint density at radius 2 is 1.73 bits per heavy atom. The Balaban J connectivity index is 0.000000921. The molecule has 0 fully saturated rings. The summed E-state index contributed by atoms with van der Waals surface area (Å²) in [5.41, 5.74) is 1.13. The van der Waals surface area contributed by atoms with Crippen molar-refractivity contribution in [1.29, 1.82) is 0 Å². The van der Waals surface area contributed by atoms with E-state index in [-0.39, 0.29) is 12.4 Å². The van der Waals surface area contributed by atoms with E-state index >= 15 is 0 Å². The molecule has 15 heavy (non-hydrogen) atoms. The highest BCUT2D eigenvalue weighted by Crippen LogP contribution is 2.20. The highest BCUT2D eigenvalue weighted by atomic mass is 19.1. The molecule has 1 unspecified atom stereocenters. The lowest BCUT2D eigenvalue weighted by Crippen LogP contribution is -1.95. The van der Waals surface area contributed by atoms with Gasteiger partial charge >= 0.3 is 0 Å². The highest BCUT2D eigenvalue weighted by molar-refractivity contribution is 5.19. The Morgan fingerprint density at radius 1 is 1.20 bits per heavy atom. The van der Waals surface area contributed by atoms with Crippen LogP contribution in [0.4, 0.5) is 4.39 Å². The molecule has 1 aromatic carbocycles. The van der Waals surface area contributed by atoms with E-state index in [0.717, 1.165) is 18.4 Å². The summed E-state index contributed by atoms with van der Waals surface area (Å²) in [4.78, 5) is 0. The Morgan fingerprint density at radius 3 is 2.20 bits per heavy atom. The predicted molar refractivity (Wildman–Crippen MR) is 62.5 cm³/mol. The predicted octanol–water partition coefficient (Wildman–Crippen LogP) is 3.73. The molecule has 1 rings (SSSR count). The van der Waals surface area contributed by atoms with Crippen LogP contribution in [0.5, 0.6) is 0 Å². The second kappa shape index (κ2) is 8.42. The molecule has 0 saturated heterocycles. The summed E-state index contributed by atoms with van der Waals surface area (Å²) >= 11 is 0. The van der Waals surface area contributed by atoms with Crippen molar-refractivity contribution in [1.82, 2.24) is 0 Å². The van der Waals surface area contributed by atoms with Crippen molar-refractivity contribution in [3.05, 3.63) is 35.6 Å². The molecule has 0 aromatic heterocycles. The lowest BCUT2D eigenvalue weighted by molar-refractivity contribution is 0.281. The minimum Gasteiger partial charge on any atom is -0.396 e. The summed E-state index contributed by atoms with van der Waals surface area (Å²) in [6.45, 7) is 6.31. The highest BCUT2D eigenvalue weighted by Gasteiger charge is 2.04. The zero-order valence-corrected chi connectivity index (χ0v) is 9.83. The number of aliphatic hydroxyl groups excluding tert-OH is 1. The summed E-state index contributed by atoms with van der Waals surface area (Å²) in [6, 6.07) is 6.56. The van der Waals surface area contributed by atoms with Crippen LogP contribution in [0.1, 0.15) is 45.1 Å². The Bertz CT molecular complexity index is 243. The van der Waals surface area contributed by atoms with Crippen LogP contribution in [0.25, 0.3) is 0 Å². The van der Waals surface area contributed by atoms with Gasteiger partial charge in [-0.2, -0.15) is 0 Å². The number of hydrogen-bond donors (Lipinski definition) is 1. The summed E-state index contributed by atoms with van der Waals surface area (Å²) in [5, 5.41) is 8.65. The van der Waals surface area contributed by atoms with E-state index in [0.29, 0.717) is 5.92 Å². The Hall–Kier alpha value is -0.890. The molecule has 86 valence electrons. The van der Waals surface area contributed by atoms with Gasteiger partial charge in [-0.05, 0) is 36.5 Å². The molecule has 2 heteroatoms.